The standard InChI is InChI=1S/C25H29NO4S/c1-18(15-19-9-11-21(29-2)12-10-19)26(16-20-7-5-4-6-8-20)17-22(27)23-13-14-24(31-23)25(28)30-3/h4-14,18,22,27H,15-17H2,1-3H3. The second-order valence-corrected chi connectivity index (χ2v) is 8.64. The third-order valence-corrected chi connectivity index (χ3v) is 6.46. The van der Waals surface area contributed by atoms with Crippen LogP contribution in [-0.4, -0.2) is 42.8 Å². The lowest BCUT2D eigenvalue weighted by Gasteiger charge is -2.31. The minimum atomic E-state index is -0.689. The summed E-state index contributed by atoms with van der Waals surface area (Å²) >= 11 is 1.28. The van der Waals surface area contributed by atoms with E-state index < -0.39 is 6.10 Å². The summed E-state index contributed by atoms with van der Waals surface area (Å²) in [5.74, 6) is 0.463. The molecule has 0 saturated carbocycles. The maximum atomic E-state index is 11.8. The second-order valence-electron chi connectivity index (χ2n) is 7.53. The smallest absolute Gasteiger partial charge is 0.348 e. The Labute approximate surface area is 187 Å². The Morgan fingerprint density at radius 3 is 2.35 bits per heavy atom. The van der Waals surface area contributed by atoms with Gasteiger partial charge < -0.3 is 14.6 Å². The van der Waals surface area contributed by atoms with Gasteiger partial charge in [0.1, 0.15) is 16.7 Å². The summed E-state index contributed by atoms with van der Waals surface area (Å²) in [6, 6.07) is 22.1. The minimum absolute atomic E-state index is 0.197. The molecule has 164 valence electrons. The van der Waals surface area contributed by atoms with Gasteiger partial charge in [0.25, 0.3) is 0 Å². The number of nitrogens with zero attached hydrogens (tertiary/aromatic N) is 1. The minimum Gasteiger partial charge on any atom is -0.497 e. The molecule has 2 aromatic carbocycles. The van der Waals surface area contributed by atoms with Crippen molar-refractivity contribution in [3.05, 3.63) is 87.6 Å². The summed E-state index contributed by atoms with van der Waals surface area (Å²) in [5, 5.41) is 10.9. The van der Waals surface area contributed by atoms with Gasteiger partial charge in [-0.05, 0) is 48.7 Å². The molecule has 6 heteroatoms. The number of rotatable bonds is 10. The Morgan fingerprint density at radius 1 is 1.00 bits per heavy atom. The number of hydrogen-bond acceptors (Lipinski definition) is 6. The van der Waals surface area contributed by atoms with Gasteiger partial charge in [-0.25, -0.2) is 4.79 Å². The van der Waals surface area contributed by atoms with Gasteiger partial charge in [0, 0.05) is 24.0 Å². The van der Waals surface area contributed by atoms with E-state index in [1.807, 2.05) is 30.3 Å². The number of methoxy groups -OCH3 is 2. The molecule has 0 aliphatic rings. The van der Waals surface area contributed by atoms with E-state index in [4.69, 9.17) is 9.47 Å². The van der Waals surface area contributed by atoms with E-state index in [-0.39, 0.29) is 12.0 Å². The molecule has 3 rings (SSSR count). The molecule has 0 radical (unpaired) electrons. The first kappa shape index (κ1) is 23.0. The zero-order valence-electron chi connectivity index (χ0n) is 18.2. The van der Waals surface area contributed by atoms with Gasteiger partial charge in [0.2, 0.25) is 0 Å². The Morgan fingerprint density at radius 2 is 1.71 bits per heavy atom. The van der Waals surface area contributed by atoms with E-state index in [2.05, 4.69) is 36.1 Å². The first-order chi connectivity index (χ1) is 15.0. The van der Waals surface area contributed by atoms with E-state index in [1.54, 1.807) is 19.2 Å². The van der Waals surface area contributed by atoms with Crippen LogP contribution in [0.5, 0.6) is 5.75 Å². The molecular weight excluding hydrogens is 410 g/mol. The lowest BCUT2D eigenvalue weighted by atomic mass is 10.0. The van der Waals surface area contributed by atoms with Crippen LogP contribution in [0.25, 0.3) is 0 Å². The van der Waals surface area contributed by atoms with Gasteiger partial charge in [-0.2, -0.15) is 0 Å². The Bertz CT molecular complexity index is 955. The second kappa shape index (κ2) is 11.1. The van der Waals surface area contributed by atoms with Gasteiger partial charge in [0.05, 0.1) is 14.2 Å². The predicted octanol–water partition coefficient (Wildman–Crippen LogP) is 4.71. The molecule has 0 aliphatic carbocycles. The van der Waals surface area contributed by atoms with Crippen LogP contribution < -0.4 is 4.74 Å². The van der Waals surface area contributed by atoms with Gasteiger partial charge >= 0.3 is 5.97 Å². The van der Waals surface area contributed by atoms with Crippen molar-refractivity contribution in [2.45, 2.75) is 32.0 Å². The highest BCUT2D eigenvalue weighted by atomic mass is 32.1. The number of aliphatic hydroxyl groups is 1. The van der Waals surface area contributed by atoms with Crippen molar-refractivity contribution in [1.82, 2.24) is 4.90 Å². The molecule has 0 spiro atoms. The Kier molecular flexibility index (Phi) is 8.23. The van der Waals surface area contributed by atoms with Crippen LogP contribution in [0.1, 0.15) is 38.7 Å². The van der Waals surface area contributed by atoms with E-state index in [9.17, 15) is 9.90 Å². The number of carbonyl (C=O) groups excluding carboxylic acids is 1. The molecule has 1 aromatic heterocycles. The van der Waals surface area contributed by atoms with E-state index in [0.29, 0.717) is 11.4 Å². The molecular formula is C25H29NO4S. The van der Waals surface area contributed by atoms with Crippen molar-refractivity contribution in [3.8, 4) is 5.75 Å². The normalized spacial score (nSPS) is 13.1. The third kappa shape index (κ3) is 6.40. The molecule has 31 heavy (non-hydrogen) atoms. The predicted molar refractivity (Wildman–Crippen MR) is 124 cm³/mol. The van der Waals surface area contributed by atoms with Gasteiger partial charge in [0.15, 0.2) is 0 Å². The average molecular weight is 440 g/mol. The number of ether oxygens (including phenoxy) is 2. The highest BCUT2D eigenvalue weighted by Crippen LogP contribution is 2.26. The fourth-order valence-corrected chi connectivity index (χ4v) is 4.41. The number of carbonyl (C=O) groups is 1. The van der Waals surface area contributed by atoms with Crippen molar-refractivity contribution in [3.63, 3.8) is 0 Å². The summed E-state index contributed by atoms with van der Waals surface area (Å²) in [6.45, 7) is 3.37. The fourth-order valence-electron chi connectivity index (χ4n) is 3.50. The topological polar surface area (TPSA) is 59.0 Å². The van der Waals surface area contributed by atoms with Crippen LogP contribution >= 0.6 is 11.3 Å². The van der Waals surface area contributed by atoms with Crippen molar-refractivity contribution < 1.29 is 19.4 Å². The summed E-state index contributed by atoms with van der Waals surface area (Å²) < 4.78 is 10.0. The SMILES string of the molecule is COC(=O)c1ccc(C(O)CN(Cc2ccccc2)C(C)Cc2ccc(OC)cc2)s1. The lowest BCUT2D eigenvalue weighted by molar-refractivity contribution is 0.0606. The summed E-state index contributed by atoms with van der Waals surface area (Å²) in [5.41, 5.74) is 2.41. The van der Waals surface area contributed by atoms with Crippen LogP contribution in [0.2, 0.25) is 0 Å². The molecule has 1 heterocycles. The van der Waals surface area contributed by atoms with E-state index in [1.165, 1.54) is 29.6 Å². The molecule has 2 atom stereocenters. The number of thiophene rings is 1. The fraction of sp³-hybridized carbons (Fsp3) is 0.320. The van der Waals surface area contributed by atoms with Crippen molar-refractivity contribution in [1.29, 1.82) is 0 Å². The molecule has 0 bridgehead atoms. The number of esters is 1. The van der Waals surface area contributed by atoms with Crippen molar-refractivity contribution in [2.24, 2.45) is 0 Å². The zero-order chi connectivity index (χ0) is 22.2. The Hall–Kier alpha value is -2.67. The average Bonchev–Trinajstić information content (AvgIpc) is 3.30. The summed E-state index contributed by atoms with van der Waals surface area (Å²) in [6.07, 6.45) is 0.159. The molecule has 2 unspecified atom stereocenters. The molecule has 3 aromatic rings. The van der Waals surface area contributed by atoms with Gasteiger partial charge in [-0.1, -0.05) is 42.5 Å². The molecule has 0 amide bonds. The van der Waals surface area contributed by atoms with Crippen LogP contribution in [0, 0.1) is 0 Å². The van der Waals surface area contributed by atoms with Crippen molar-refractivity contribution in [2.75, 3.05) is 20.8 Å². The summed E-state index contributed by atoms with van der Waals surface area (Å²) in [4.78, 5) is 15.3. The molecule has 0 saturated heterocycles. The lowest BCUT2D eigenvalue weighted by Crippen LogP contribution is -2.37. The van der Waals surface area contributed by atoms with Crippen LogP contribution in [0.4, 0.5) is 0 Å². The number of hydrogen-bond donors (Lipinski definition) is 1. The maximum absolute atomic E-state index is 11.8. The number of benzene rings is 2. The molecule has 0 aliphatic heterocycles. The highest BCUT2D eigenvalue weighted by Gasteiger charge is 2.22. The molecule has 1 N–H and O–H groups in total. The van der Waals surface area contributed by atoms with Crippen LogP contribution in [-0.2, 0) is 17.7 Å². The zero-order valence-corrected chi connectivity index (χ0v) is 19.0. The third-order valence-electron chi connectivity index (χ3n) is 5.29. The summed E-state index contributed by atoms with van der Waals surface area (Å²) in [7, 11) is 3.03. The molecule has 5 nitrogen and oxygen atoms in total. The Balaban J connectivity index is 1.74. The largest absolute Gasteiger partial charge is 0.497 e. The van der Waals surface area contributed by atoms with E-state index in [0.717, 1.165) is 23.6 Å². The highest BCUT2D eigenvalue weighted by molar-refractivity contribution is 7.14. The quantitative estimate of drug-likeness (QED) is 0.464. The van der Waals surface area contributed by atoms with E-state index >= 15 is 0 Å². The number of aliphatic hydroxyl groups excluding tert-OH is 1. The maximum Gasteiger partial charge on any atom is 0.348 e. The van der Waals surface area contributed by atoms with Crippen LogP contribution in [0.15, 0.2) is 66.7 Å². The first-order valence-corrected chi connectivity index (χ1v) is 11.1. The van der Waals surface area contributed by atoms with Crippen LogP contribution in [0.3, 0.4) is 0 Å². The molecule has 0 fully saturated rings. The van der Waals surface area contributed by atoms with Gasteiger partial charge in [-0.3, -0.25) is 4.90 Å². The first-order valence-electron chi connectivity index (χ1n) is 10.3. The van der Waals surface area contributed by atoms with Gasteiger partial charge in [-0.15, -0.1) is 11.3 Å². The monoisotopic (exact) mass is 439 g/mol. The van der Waals surface area contributed by atoms with Crippen molar-refractivity contribution >= 4 is 17.3 Å².